The van der Waals surface area contributed by atoms with Crippen molar-refractivity contribution < 1.29 is 19.4 Å². The van der Waals surface area contributed by atoms with Crippen LogP contribution in [0.5, 0.6) is 0 Å². The highest BCUT2D eigenvalue weighted by molar-refractivity contribution is 5.76. The van der Waals surface area contributed by atoms with Crippen LogP contribution < -0.4 is 6.15 Å². The predicted octanol–water partition coefficient (Wildman–Crippen LogP) is 0.186. The molecule has 0 bridgehead atoms. The van der Waals surface area contributed by atoms with Gasteiger partial charge in [0, 0.05) is 0 Å². The second kappa shape index (κ2) is 6.03. The summed E-state index contributed by atoms with van der Waals surface area (Å²) < 4.78 is 4.20. The lowest BCUT2D eigenvalue weighted by molar-refractivity contribution is -0.145. The molecule has 0 rings (SSSR count). The highest BCUT2D eigenvalue weighted by Gasteiger charge is 2.02. The van der Waals surface area contributed by atoms with E-state index in [1.807, 2.05) is 0 Å². The molecular weight excluding hydrogens is 138 g/mol. The molecule has 0 spiro atoms. The Bertz CT molecular complexity index is 123. The van der Waals surface area contributed by atoms with Crippen LogP contribution in [0.2, 0.25) is 0 Å². The SMILES string of the molecule is COC(=O)CCC(=O)O.N. The van der Waals surface area contributed by atoms with E-state index in [0.717, 1.165) is 0 Å². The van der Waals surface area contributed by atoms with E-state index in [1.54, 1.807) is 0 Å². The molecule has 0 aromatic heterocycles. The van der Waals surface area contributed by atoms with Crippen LogP contribution in [-0.2, 0) is 14.3 Å². The fourth-order valence-corrected chi connectivity index (χ4v) is 0.311. The van der Waals surface area contributed by atoms with E-state index in [0.29, 0.717) is 0 Å². The van der Waals surface area contributed by atoms with E-state index in [2.05, 4.69) is 4.74 Å². The molecule has 0 aliphatic heterocycles. The van der Waals surface area contributed by atoms with Crippen molar-refractivity contribution in [2.24, 2.45) is 0 Å². The summed E-state index contributed by atoms with van der Waals surface area (Å²) in [5.41, 5.74) is 0. The Morgan fingerprint density at radius 1 is 1.40 bits per heavy atom. The zero-order valence-electron chi connectivity index (χ0n) is 5.79. The average molecular weight is 149 g/mol. The lowest BCUT2D eigenvalue weighted by Crippen LogP contribution is -2.04. The zero-order valence-corrected chi connectivity index (χ0v) is 5.79. The van der Waals surface area contributed by atoms with Crippen LogP contribution in [0.3, 0.4) is 0 Å². The Balaban J connectivity index is 0. The third kappa shape index (κ3) is 6.90. The number of carboxylic acids is 1. The van der Waals surface area contributed by atoms with E-state index < -0.39 is 11.9 Å². The first kappa shape index (κ1) is 11.7. The average Bonchev–Trinajstić information content (AvgIpc) is 1.83. The van der Waals surface area contributed by atoms with Crippen LogP contribution in [0.25, 0.3) is 0 Å². The van der Waals surface area contributed by atoms with Gasteiger partial charge in [0.25, 0.3) is 0 Å². The maximum Gasteiger partial charge on any atom is 0.306 e. The third-order valence-corrected chi connectivity index (χ3v) is 0.771. The Morgan fingerprint density at radius 3 is 2.20 bits per heavy atom. The number of carboxylic acid groups (broad SMARTS) is 1. The molecule has 10 heavy (non-hydrogen) atoms. The second-order valence-electron chi connectivity index (χ2n) is 1.47. The van der Waals surface area contributed by atoms with Crippen molar-refractivity contribution in [1.82, 2.24) is 6.15 Å². The van der Waals surface area contributed by atoms with E-state index in [-0.39, 0.29) is 19.0 Å². The molecule has 0 atom stereocenters. The summed E-state index contributed by atoms with van der Waals surface area (Å²) in [4.78, 5) is 20.0. The van der Waals surface area contributed by atoms with Gasteiger partial charge in [0.15, 0.2) is 0 Å². The Kier molecular flexibility index (Phi) is 7.03. The van der Waals surface area contributed by atoms with Crippen LogP contribution in [0.1, 0.15) is 12.8 Å². The van der Waals surface area contributed by atoms with Gasteiger partial charge < -0.3 is 16.0 Å². The maximum absolute atomic E-state index is 10.2. The van der Waals surface area contributed by atoms with Gasteiger partial charge in [-0.3, -0.25) is 9.59 Å². The van der Waals surface area contributed by atoms with Gasteiger partial charge in [-0.25, -0.2) is 0 Å². The molecule has 5 nitrogen and oxygen atoms in total. The van der Waals surface area contributed by atoms with Gasteiger partial charge in [0.05, 0.1) is 20.0 Å². The lowest BCUT2D eigenvalue weighted by atomic mass is 10.3. The summed E-state index contributed by atoms with van der Waals surface area (Å²) >= 11 is 0. The minimum absolute atomic E-state index is 0. The lowest BCUT2D eigenvalue weighted by Gasteiger charge is -1.92. The van der Waals surface area contributed by atoms with Gasteiger partial charge in [-0.2, -0.15) is 0 Å². The molecule has 0 aliphatic rings. The number of esters is 1. The Labute approximate surface area is 58.6 Å². The zero-order chi connectivity index (χ0) is 7.28. The highest BCUT2D eigenvalue weighted by Crippen LogP contribution is 1.89. The molecule has 4 N–H and O–H groups in total. The number of aliphatic carboxylic acids is 1. The summed E-state index contributed by atoms with van der Waals surface area (Å²) in [6, 6.07) is 0. The number of hydrogen-bond acceptors (Lipinski definition) is 4. The summed E-state index contributed by atoms with van der Waals surface area (Å²) in [5, 5.41) is 8.05. The molecule has 0 saturated carbocycles. The summed E-state index contributed by atoms with van der Waals surface area (Å²) in [7, 11) is 1.23. The standard InChI is InChI=1S/C5H8O4.H3N/c1-9-5(8)3-2-4(6)7;/h2-3H2,1H3,(H,6,7);1H3. The molecule has 0 saturated heterocycles. The second-order valence-corrected chi connectivity index (χ2v) is 1.47. The summed E-state index contributed by atoms with van der Waals surface area (Å²) in [6.07, 6.45) is -0.210. The highest BCUT2D eigenvalue weighted by atomic mass is 16.5. The van der Waals surface area contributed by atoms with Gasteiger partial charge in [-0.15, -0.1) is 0 Å². The largest absolute Gasteiger partial charge is 0.481 e. The summed E-state index contributed by atoms with van der Waals surface area (Å²) in [5.74, 6) is -1.47. The molecular formula is C5H11NO4. The first-order valence-electron chi connectivity index (χ1n) is 2.45. The van der Waals surface area contributed by atoms with Crippen molar-refractivity contribution in [2.45, 2.75) is 12.8 Å². The monoisotopic (exact) mass is 149 g/mol. The molecule has 0 fully saturated rings. The fraction of sp³-hybridized carbons (Fsp3) is 0.600. The predicted molar refractivity (Wildman–Crippen MR) is 33.9 cm³/mol. The normalized spacial score (nSPS) is 7.70. The molecule has 0 aliphatic carbocycles. The quantitative estimate of drug-likeness (QED) is 0.558. The Morgan fingerprint density at radius 2 is 1.90 bits per heavy atom. The van der Waals surface area contributed by atoms with Crippen molar-refractivity contribution in [2.75, 3.05) is 7.11 Å². The van der Waals surface area contributed by atoms with Crippen molar-refractivity contribution in [3.63, 3.8) is 0 Å². The first-order valence-corrected chi connectivity index (χ1v) is 2.45. The molecule has 0 aromatic rings. The van der Waals surface area contributed by atoms with Crippen LogP contribution in [0.15, 0.2) is 0 Å². The van der Waals surface area contributed by atoms with E-state index >= 15 is 0 Å². The Hall–Kier alpha value is -1.10. The van der Waals surface area contributed by atoms with Crippen molar-refractivity contribution in [1.29, 1.82) is 0 Å². The van der Waals surface area contributed by atoms with Gasteiger partial charge in [-0.1, -0.05) is 0 Å². The van der Waals surface area contributed by atoms with Crippen LogP contribution in [-0.4, -0.2) is 24.2 Å². The molecule has 0 radical (unpaired) electrons. The number of ether oxygens (including phenoxy) is 1. The number of methoxy groups -OCH3 is 1. The fourth-order valence-electron chi connectivity index (χ4n) is 0.311. The van der Waals surface area contributed by atoms with E-state index in [1.165, 1.54) is 7.11 Å². The van der Waals surface area contributed by atoms with Gasteiger partial charge >= 0.3 is 11.9 Å². The van der Waals surface area contributed by atoms with Crippen LogP contribution >= 0.6 is 0 Å². The van der Waals surface area contributed by atoms with E-state index in [9.17, 15) is 9.59 Å². The molecule has 0 unspecified atom stereocenters. The van der Waals surface area contributed by atoms with Crippen molar-refractivity contribution in [3.8, 4) is 0 Å². The smallest absolute Gasteiger partial charge is 0.306 e. The summed E-state index contributed by atoms with van der Waals surface area (Å²) in [6.45, 7) is 0. The van der Waals surface area contributed by atoms with Crippen LogP contribution in [0, 0.1) is 0 Å². The topological polar surface area (TPSA) is 98.6 Å². The molecule has 5 heteroatoms. The van der Waals surface area contributed by atoms with Gasteiger partial charge in [-0.05, 0) is 0 Å². The van der Waals surface area contributed by atoms with Crippen LogP contribution in [0.4, 0.5) is 0 Å². The maximum atomic E-state index is 10.2. The first-order chi connectivity index (χ1) is 4.16. The van der Waals surface area contributed by atoms with E-state index in [4.69, 9.17) is 5.11 Å². The molecule has 0 heterocycles. The number of rotatable bonds is 3. The molecule has 0 aromatic carbocycles. The van der Waals surface area contributed by atoms with Crippen molar-refractivity contribution >= 4 is 11.9 Å². The molecule has 60 valence electrons. The third-order valence-electron chi connectivity index (χ3n) is 0.771. The number of carbonyl (C=O) groups excluding carboxylic acids is 1. The number of carbonyl (C=O) groups is 2. The van der Waals surface area contributed by atoms with Gasteiger partial charge in [0.2, 0.25) is 0 Å². The van der Waals surface area contributed by atoms with Crippen molar-refractivity contribution in [3.05, 3.63) is 0 Å². The number of hydrogen-bond donors (Lipinski definition) is 2. The minimum Gasteiger partial charge on any atom is -0.481 e. The minimum atomic E-state index is -0.986. The molecule has 0 amide bonds. The van der Waals surface area contributed by atoms with Gasteiger partial charge in [0.1, 0.15) is 0 Å².